The Labute approximate surface area is 79.5 Å². The number of nitrogens with zero attached hydrogens (tertiary/aromatic N) is 1. The summed E-state index contributed by atoms with van der Waals surface area (Å²) in [4.78, 5) is 4.19. The first kappa shape index (κ1) is 10.3. The molecule has 0 aliphatic carbocycles. The number of rotatable bonds is 5. The highest BCUT2D eigenvalue weighted by Crippen LogP contribution is 2.21. The summed E-state index contributed by atoms with van der Waals surface area (Å²) in [6.07, 6.45) is 2.63. The van der Waals surface area contributed by atoms with Crippen LogP contribution in [0.2, 0.25) is 0 Å². The van der Waals surface area contributed by atoms with Gasteiger partial charge in [-0.15, -0.1) is 0 Å². The van der Waals surface area contributed by atoms with Gasteiger partial charge in [0.2, 0.25) is 0 Å². The Bertz CT molecular complexity index is 245. The van der Waals surface area contributed by atoms with E-state index in [9.17, 15) is 0 Å². The van der Waals surface area contributed by atoms with Gasteiger partial charge in [0.05, 0.1) is 5.69 Å². The molecule has 0 amide bonds. The summed E-state index contributed by atoms with van der Waals surface area (Å²) in [7, 11) is 0. The summed E-state index contributed by atoms with van der Waals surface area (Å²) in [6, 6.07) is 0. The molecule has 1 atom stereocenters. The van der Waals surface area contributed by atoms with Gasteiger partial charge < -0.3 is 9.73 Å². The Kier molecular flexibility index (Phi) is 3.96. The first-order valence-electron chi connectivity index (χ1n) is 4.92. The molecule has 1 aromatic rings. The fourth-order valence-electron chi connectivity index (χ4n) is 1.24. The predicted molar refractivity (Wildman–Crippen MR) is 52.6 cm³/mol. The average molecular weight is 182 g/mol. The van der Waals surface area contributed by atoms with E-state index in [2.05, 4.69) is 31.1 Å². The SMILES string of the molecule is CCNCc1ncoc1C(C)CC. The zero-order chi connectivity index (χ0) is 9.68. The van der Waals surface area contributed by atoms with E-state index in [0.717, 1.165) is 31.0 Å². The molecule has 1 rings (SSSR count). The summed E-state index contributed by atoms with van der Waals surface area (Å²) in [5.41, 5.74) is 1.05. The zero-order valence-corrected chi connectivity index (χ0v) is 8.63. The molecule has 0 radical (unpaired) electrons. The van der Waals surface area contributed by atoms with Crippen LogP contribution in [-0.4, -0.2) is 11.5 Å². The second kappa shape index (κ2) is 5.02. The fraction of sp³-hybridized carbons (Fsp3) is 0.700. The largest absolute Gasteiger partial charge is 0.448 e. The van der Waals surface area contributed by atoms with Crippen LogP contribution in [0.1, 0.15) is 44.6 Å². The molecule has 1 heterocycles. The summed E-state index contributed by atoms with van der Waals surface area (Å²) in [5, 5.41) is 3.25. The monoisotopic (exact) mass is 182 g/mol. The second-order valence-corrected chi connectivity index (χ2v) is 3.25. The number of nitrogens with one attached hydrogen (secondary N) is 1. The van der Waals surface area contributed by atoms with E-state index < -0.39 is 0 Å². The molecule has 1 N–H and O–H groups in total. The van der Waals surface area contributed by atoms with Gasteiger partial charge in [0.1, 0.15) is 5.76 Å². The number of hydrogen-bond donors (Lipinski definition) is 1. The van der Waals surface area contributed by atoms with Crippen LogP contribution in [0.5, 0.6) is 0 Å². The van der Waals surface area contributed by atoms with Crippen LogP contribution in [-0.2, 0) is 6.54 Å². The average Bonchev–Trinajstić information content (AvgIpc) is 2.61. The molecule has 0 saturated carbocycles. The standard InChI is InChI=1S/C10H18N2O/c1-4-8(3)10-9(6-11-5-2)12-7-13-10/h7-8,11H,4-6H2,1-3H3. The van der Waals surface area contributed by atoms with Gasteiger partial charge in [0.15, 0.2) is 6.39 Å². The van der Waals surface area contributed by atoms with Crippen molar-refractivity contribution in [2.75, 3.05) is 6.54 Å². The highest BCUT2D eigenvalue weighted by Gasteiger charge is 2.13. The van der Waals surface area contributed by atoms with Crippen molar-refractivity contribution in [3.8, 4) is 0 Å². The van der Waals surface area contributed by atoms with Gasteiger partial charge in [-0.25, -0.2) is 4.98 Å². The predicted octanol–water partition coefficient (Wildman–Crippen LogP) is 2.30. The maximum absolute atomic E-state index is 5.36. The minimum Gasteiger partial charge on any atom is -0.448 e. The molecule has 0 aromatic carbocycles. The van der Waals surface area contributed by atoms with Crippen molar-refractivity contribution >= 4 is 0 Å². The van der Waals surface area contributed by atoms with Gasteiger partial charge in [-0.05, 0) is 13.0 Å². The Morgan fingerprint density at radius 1 is 1.54 bits per heavy atom. The zero-order valence-electron chi connectivity index (χ0n) is 8.63. The number of aromatic nitrogens is 1. The third-order valence-corrected chi connectivity index (χ3v) is 2.28. The maximum atomic E-state index is 5.36. The summed E-state index contributed by atoms with van der Waals surface area (Å²) in [6.45, 7) is 8.18. The van der Waals surface area contributed by atoms with Crippen LogP contribution < -0.4 is 5.32 Å². The van der Waals surface area contributed by atoms with Crippen molar-refractivity contribution in [2.45, 2.75) is 39.7 Å². The van der Waals surface area contributed by atoms with Gasteiger partial charge in [-0.2, -0.15) is 0 Å². The summed E-state index contributed by atoms with van der Waals surface area (Å²) >= 11 is 0. The Morgan fingerprint density at radius 2 is 2.31 bits per heavy atom. The van der Waals surface area contributed by atoms with Crippen molar-refractivity contribution in [3.63, 3.8) is 0 Å². The molecule has 1 aromatic heterocycles. The molecule has 3 heteroatoms. The van der Waals surface area contributed by atoms with Crippen LogP contribution in [0.4, 0.5) is 0 Å². The van der Waals surface area contributed by atoms with Gasteiger partial charge in [0.25, 0.3) is 0 Å². The number of hydrogen-bond acceptors (Lipinski definition) is 3. The lowest BCUT2D eigenvalue weighted by molar-refractivity contribution is 0.460. The van der Waals surface area contributed by atoms with E-state index in [4.69, 9.17) is 4.42 Å². The molecule has 13 heavy (non-hydrogen) atoms. The van der Waals surface area contributed by atoms with Gasteiger partial charge >= 0.3 is 0 Å². The van der Waals surface area contributed by atoms with E-state index in [1.807, 2.05) is 0 Å². The summed E-state index contributed by atoms with van der Waals surface area (Å²) < 4.78 is 5.36. The number of oxazole rings is 1. The second-order valence-electron chi connectivity index (χ2n) is 3.25. The van der Waals surface area contributed by atoms with Crippen molar-refractivity contribution in [3.05, 3.63) is 17.8 Å². The van der Waals surface area contributed by atoms with Crippen molar-refractivity contribution in [1.29, 1.82) is 0 Å². The normalized spacial score (nSPS) is 13.2. The van der Waals surface area contributed by atoms with E-state index in [1.165, 1.54) is 6.39 Å². The Morgan fingerprint density at radius 3 is 2.92 bits per heavy atom. The molecule has 0 aliphatic heterocycles. The third-order valence-electron chi connectivity index (χ3n) is 2.28. The van der Waals surface area contributed by atoms with Gasteiger partial charge in [0, 0.05) is 12.5 Å². The van der Waals surface area contributed by atoms with Crippen LogP contribution in [0.25, 0.3) is 0 Å². The van der Waals surface area contributed by atoms with Gasteiger partial charge in [-0.3, -0.25) is 0 Å². The minimum atomic E-state index is 0.469. The highest BCUT2D eigenvalue weighted by molar-refractivity contribution is 5.11. The molecule has 1 unspecified atom stereocenters. The topological polar surface area (TPSA) is 38.1 Å². The molecule has 0 bridgehead atoms. The molecule has 3 nitrogen and oxygen atoms in total. The van der Waals surface area contributed by atoms with Crippen LogP contribution in [0.15, 0.2) is 10.8 Å². The van der Waals surface area contributed by atoms with E-state index in [0.29, 0.717) is 5.92 Å². The van der Waals surface area contributed by atoms with E-state index in [-0.39, 0.29) is 0 Å². The molecule has 0 spiro atoms. The molecule has 0 fully saturated rings. The minimum absolute atomic E-state index is 0.469. The molecular weight excluding hydrogens is 164 g/mol. The third kappa shape index (κ3) is 2.56. The van der Waals surface area contributed by atoms with E-state index in [1.54, 1.807) is 0 Å². The fourth-order valence-corrected chi connectivity index (χ4v) is 1.24. The van der Waals surface area contributed by atoms with Crippen molar-refractivity contribution in [1.82, 2.24) is 10.3 Å². The maximum Gasteiger partial charge on any atom is 0.181 e. The highest BCUT2D eigenvalue weighted by atomic mass is 16.3. The molecular formula is C10H18N2O. The molecule has 0 saturated heterocycles. The quantitative estimate of drug-likeness (QED) is 0.759. The lowest BCUT2D eigenvalue weighted by Crippen LogP contribution is -2.13. The lowest BCUT2D eigenvalue weighted by atomic mass is 10.0. The Hall–Kier alpha value is -0.830. The van der Waals surface area contributed by atoms with Crippen molar-refractivity contribution in [2.24, 2.45) is 0 Å². The lowest BCUT2D eigenvalue weighted by Gasteiger charge is -2.06. The molecule has 74 valence electrons. The Balaban J connectivity index is 2.65. The molecule has 0 aliphatic rings. The van der Waals surface area contributed by atoms with Crippen molar-refractivity contribution < 1.29 is 4.42 Å². The van der Waals surface area contributed by atoms with Gasteiger partial charge in [-0.1, -0.05) is 20.8 Å². The van der Waals surface area contributed by atoms with E-state index >= 15 is 0 Å². The first-order chi connectivity index (χ1) is 6.29. The van der Waals surface area contributed by atoms with Crippen LogP contribution in [0.3, 0.4) is 0 Å². The van der Waals surface area contributed by atoms with Crippen LogP contribution in [0, 0.1) is 0 Å². The smallest absolute Gasteiger partial charge is 0.181 e. The van der Waals surface area contributed by atoms with Crippen LogP contribution >= 0.6 is 0 Å². The summed E-state index contributed by atoms with van der Waals surface area (Å²) in [5.74, 6) is 1.50. The first-order valence-corrected chi connectivity index (χ1v) is 4.92.